The zero-order valence-electron chi connectivity index (χ0n) is 17.1. The largest absolute Gasteiger partial charge is 0.345 e. The summed E-state index contributed by atoms with van der Waals surface area (Å²) in [4.78, 5) is 20.5. The number of halogens is 1. The molecule has 0 bridgehead atoms. The van der Waals surface area contributed by atoms with Crippen molar-refractivity contribution in [2.45, 2.75) is 58.0 Å². The maximum atomic E-state index is 12.7. The molecule has 1 fully saturated rings. The van der Waals surface area contributed by atoms with Crippen LogP contribution in [-0.4, -0.2) is 59.1 Å². The van der Waals surface area contributed by atoms with Crippen molar-refractivity contribution in [1.82, 2.24) is 20.1 Å². The number of benzene rings is 1. The molecular weight excluding hydrogens is 372 g/mol. The van der Waals surface area contributed by atoms with Crippen molar-refractivity contribution in [3.63, 3.8) is 0 Å². The second-order valence-corrected chi connectivity index (χ2v) is 8.49. The maximum Gasteiger partial charge on any atom is 0.317 e. The SMILES string of the molecule is CCCN1C[C@@H](NC(=O)N(CC)CC)C[C@@H]2c3cccc4[nH]c(Cl)c(c34)C[C@H]21. The second kappa shape index (κ2) is 7.96. The van der Waals surface area contributed by atoms with Crippen LogP contribution >= 0.6 is 11.6 Å². The average molecular weight is 403 g/mol. The van der Waals surface area contributed by atoms with E-state index >= 15 is 0 Å². The van der Waals surface area contributed by atoms with E-state index in [2.05, 4.69) is 40.3 Å². The van der Waals surface area contributed by atoms with Crippen molar-refractivity contribution in [2.24, 2.45) is 0 Å². The van der Waals surface area contributed by atoms with Gasteiger partial charge in [-0.05, 0) is 56.8 Å². The van der Waals surface area contributed by atoms with Gasteiger partial charge in [0.25, 0.3) is 0 Å². The summed E-state index contributed by atoms with van der Waals surface area (Å²) < 4.78 is 0. The number of aromatic amines is 1. The summed E-state index contributed by atoms with van der Waals surface area (Å²) in [7, 11) is 0. The zero-order valence-corrected chi connectivity index (χ0v) is 17.9. The molecule has 2 aliphatic rings. The van der Waals surface area contributed by atoms with Crippen LogP contribution in [0.25, 0.3) is 10.9 Å². The third kappa shape index (κ3) is 3.29. The van der Waals surface area contributed by atoms with Gasteiger partial charge in [-0.2, -0.15) is 0 Å². The van der Waals surface area contributed by atoms with Gasteiger partial charge < -0.3 is 15.2 Å². The highest BCUT2D eigenvalue weighted by molar-refractivity contribution is 6.32. The molecule has 0 saturated carbocycles. The third-order valence-electron chi connectivity index (χ3n) is 6.54. The summed E-state index contributed by atoms with van der Waals surface area (Å²) in [5.41, 5.74) is 3.78. The summed E-state index contributed by atoms with van der Waals surface area (Å²) in [6.45, 7) is 9.73. The number of carbonyl (C=O) groups is 1. The molecule has 1 aliphatic heterocycles. The molecule has 3 atom stereocenters. The minimum Gasteiger partial charge on any atom is -0.345 e. The number of carbonyl (C=O) groups excluding carboxylic acids is 1. The van der Waals surface area contributed by atoms with Gasteiger partial charge in [0.1, 0.15) is 5.15 Å². The van der Waals surface area contributed by atoms with Crippen molar-refractivity contribution in [3.05, 3.63) is 34.5 Å². The number of fused-ring (bicyclic) bond motifs is 2. The minimum absolute atomic E-state index is 0.0595. The number of nitrogens with one attached hydrogen (secondary N) is 2. The normalized spacial score (nSPS) is 24.2. The average Bonchev–Trinajstić information content (AvgIpc) is 3.00. The van der Waals surface area contributed by atoms with Gasteiger partial charge in [0, 0.05) is 48.5 Å². The van der Waals surface area contributed by atoms with Gasteiger partial charge in [-0.1, -0.05) is 30.7 Å². The van der Waals surface area contributed by atoms with E-state index in [1.165, 1.54) is 16.5 Å². The molecule has 2 N–H and O–H groups in total. The number of H-pyrrole nitrogens is 1. The van der Waals surface area contributed by atoms with Crippen LogP contribution in [-0.2, 0) is 6.42 Å². The zero-order chi connectivity index (χ0) is 19.8. The molecule has 1 aromatic carbocycles. The van der Waals surface area contributed by atoms with Crippen molar-refractivity contribution in [1.29, 1.82) is 0 Å². The Hall–Kier alpha value is -1.72. The molecule has 5 nitrogen and oxygen atoms in total. The first-order chi connectivity index (χ1) is 13.6. The van der Waals surface area contributed by atoms with Crippen LogP contribution in [0.4, 0.5) is 4.79 Å². The van der Waals surface area contributed by atoms with Gasteiger partial charge >= 0.3 is 6.03 Å². The summed E-state index contributed by atoms with van der Waals surface area (Å²) in [6, 6.07) is 7.18. The summed E-state index contributed by atoms with van der Waals surface area (Å²) in [6.07, 6.45) is 3.08. The predicted molar refractivity (Wildman–Crippen MR) is 115 cm³/mol. The minimum atomic E-state index is 0.0595. The van der Waals surface area contributed by atoms with E-state index in [0.717, 1.165) is 56.1 Å². The van der Waals surface area contributed by atoms with Crippen LogP contribution in [0.5, 0.6) is 0 Å². The van der Waals surface area contributed by atoms with E-state index in [1.807, 2.05) is 18.7 Å². The maximum absolute atomic E-state index is 12.7. The molecule has 0 unspecified atom stereocenters. The molecule has 0 spiro atoms. The first-order valence-corrected chi connectivity index (χ1v) is 11.0. The van der Waals surface area contributed by atoms with E-state index < -0.39 is 0 Å². The lowest BCUT2D eigenvalue weighted by atomic mass is 9.73. The molecule has 2 amide bonds. The van der Waals surface area contributed by atoms with Crippen LogP contribution in [0.3, 0.4) is 0 Å². The molecular formula is C22H31ClN4O. The lowest BCUT2D eigenvalue weighted by Crippen LogP contribution is -2.57. The highest BCUT2D eigenvalue weighted by Gasteiger charge is 2.41. The third-order valence-corrected chi connectivity index (χ3v) is 6.86. The van der Waals surface area contributed by atoms with E-state index in [0.29, 0.717) is 12.0 Å². The molecule has 152 valence electrons. The Morgan fingerprint density at radius 2 is 2.11 bits per heavy atom. The number of aromatic nitrogens is 1. The van der Waals surface area contributed by atoms with Crippen molar-refractivity contribution >= 4 is 28.5 Å². The molecule has 28 heavy (non-hydrogen) atoms. The van der Waals surface area contributed by atoms with Crippen LogP contribution in [0, 0.1) is 0 Å². The number of hydrogen-bond donors (Lipinski definition) is 2. The van der Waals surface area contributed by atoms with Gasteiger partial charge in [-0.15, -0.1) is 0 Å². The summed E-state index contributed by atoms with van der Waals surface area (Å²) in [5.74, 6) is 0.422. The van der Waals surface area contributed by atoms with E-state index in [-0.39, 0.29) is 12.1 Å². The highest BCUT2D eigenvalue weighted by atomic mass is 35.5. The highest BCUT2D eigenvalue weighted by Crippen LogP contribution is 2.45. The summed E-state index contributed by atoms with van der Waals surface area (Å²) in [5, 5.41) is 5.41. The van der Waals surface area contributed by atoms with Crippen LogP contribution in [0.2, 0.25) is 5.15 Å². The second-order valence-electron chi connectivity index (χ2n) is 8.11. The summed E-state index contributed by atoms with van der Waals surface area (Å²) >= 11 is 6.56. The molecule has 6 heteroatoms. The molecule has 0 radical (unpaired) electrons. The van der Waals surface area contributed by atoms with Crippen LogP contribution in [0.15, 0.2) is 18.2 Å². The molecule has 2 heterocycles. The Balaban J connectivity index is 1.66. The molecule has 1 aromatic heterocycles. The topological polar surface area (TPSA) is 51.4 Å². The first kappa shape index (κ1) is 19.6. The number of hydrogen-bond acceptors (Lipinski definition) is 2. The number of likely N-dealkylation sites (tertiary alicyclic amines) is 1. The fourth-order valence-corrected chi connectivity index (χ4v) is 5.54. The Kier molecular flexibility index (Phi) is 5.57. The number of amides is 2. The monoisotopic (exact) mass is 402 g/mol. The molecule has 2 aromatic rings. The predicted octanol–water partition coefficient (Wildman–Crippen LogP) is 4.37. The number of rotatable bonds is 5. The van der Waals surface area contributed by atoms with Crippen molar-refractivity contribution < 1.29 is 4.79 Å². The quantitative estimate of drug-likeness (QED) is 0.780. The fourth-order valence-electron chi connectivity index (χ4n) is 5.27. The first-order valence-electron chi connectivity index (χ1n) is 10.7. The number of nitrogens with zero attached hydrogens (tertiary/aromatic N) is 2. The van der Waals surface area contributed by atoms with E-state index in [9.17, 15) is 4.79 Å². The van der Waals surface area contributed by atoms with Crippen molar-refractivity contribution in [3.8, 4) is 0 Å². The Morgan fingerprint density at radius 3 is 2.82 bits per heavy atom. The van der Waals surface area contributed by atoms with E-state index in [4.69, 9.17) is 11.6 Å². The van der Waals surface area contributed by atoms with Crippen molar-refractivity contribution in [2.75, 3.05) is 26.2 Å². The number of piperidine rings is 1. The van der Waals surface area contributed by atoms with Crippen LogP contribution in [0.1, 0.15) is 50.7 Å². The van der Waals surface area contributed by atoms with Gasteiger partial charge in [0.15, 0.2) is 0 Å². The Morgan fingerprint density at radius 1 is 1.32 bits per heavy atom. The lowest BCUT2D eigenvalue weighted by Gasteiger charge is -2.47. The molecule has 1 saturated heterocycles. The lowest BCUT2D eigenvalue weighted by molar-refractivity contribution is 0.0980. The number of urea groups is 1. The molecule has 4 rings (SSSR count). The van der Waals surface area contributed by atoms with Gasteiger partial charge in [-0.3, -0.25) is 4.90 Å². The molecule has 1 aliphatic carbocycles. The van der Waals surface area contributed by atoms with Gasteiger partial charge in [0.2, 0.25) is 0 Å². The Bertz CT molecular complexity index is 860. The standard InChI is InChI=1S/C22H31ClN4O/c1-4-10-27-13-14(24-22(28)26(5-2)6-3)11-16-15-8-7-9-18-20(15)17(12-19(16)27)21(23)25-18/h7-9,14,16,19,25H,4-6,10-13H2,1-3H3,(H,24,28)/t14-,16+,19+/m0/s1. The fraction of sp³-hybridized carbons (Fsp3) is 0.591. The smallest absolute Gasteiger partial charge is 0.317 e. The Labute approximate surface area is 172 Å². The van der Waals surface area contributed by atoms with Gasteiger partial charge in [-0.25, -0.2) is 4.79 Å². The van der Waals surface area contributed by atoms with Crippen LogP contribution < -0.4 is 5.32 Å². The van der Waals surface area contributed by atoms with Gasteiger partial charge in [0.05, 0.1) is 0 Å². The van der Waals surface area contributed by atoms with E-state index in [1.54, 1.807) is 0 Å².